The highest BCUT2D eigenvalue weighted by molar-refractivity contribution is 5.06. The van der Waals surface area contributed by atoms with Gasteiger partial charge in [-0.25, -0.2) is 0 Å². The van der Waals surface area contributed by atoms with Crippen LogP contribution in [0.4, 0.5) is 0 Å². The molecule has 4 saturated carbocycles. The van der Waals surface area contributed by atoms with E-state index >= 15 is 0 Å². The molecular weight excluding hydrogens is 178 g/mol. The highest BCUT2D eigenvalue weighted by atomic mass is 16.9. The molecular formula is C11H18NO2-. The molecule has 0 unspecified atom stereocenters. The molecule has 0 aromatic heterocycles. The summed E-state index contributed by atoms with van der Waals surface area (Å²) in [5.41, 5.74) is -0.135. The van der Waals surface area contributed by atoms with Crippen LogP contribution in [0.15, 0.2) is 0 Å². The van der Waals surface area contributed by atoms with Crippen molar-refractivity contribution in [2.75, 3.05) is 7.11 Å². The smallest absolute Gasteiger partial charge is 0.0563 e. The zero-order chi connectivity index (χ0) is 9.76. The van der Waals surface area contributed by atoms with Gasteiger partial charge in [-0.2, -0.15) is 0 Å². The van der Waals surface area contributed by atoms with Crippen LogP contribution >= 0.6 is 0 Å². The fourth-order valence-electron chi connectivity index (χ4n) is 4.48. The lowest BCUT2D eigenvalue weighted by molar-refractivity contribution is -0.216. The first kappa shape index (κ1) is 9.13. The summed E-state index contributed by atoms with van der Waals surface area (Å²) < 4.78 is 0. The normalized spacial score (nSPS) is 50.4. The fourth-order valence-corrected chi connectivity index (χ4v) is 4.48. The Kier molecular flexibility index (Phi) is 1.92. The summed E-state index contributed by atoms with van der Waals surface area (Å²) in [7, 11) is 1.51. The first-order chi connectivity index (χ1) is 6.72. The van der Waals surface area contributed by atoms with Crippen molar-refractivity contribution in [3.63, 3.8) is 0 Å². The van der Waals surface area contributed by atoms with Crippen molar-refractivity contribution in [2.45, 2.75) is 44.1 Å². The molecule has 0 aromatic rings. The number of hydroxylamine groups is 2. The first-order valence-electron chi connectivity index (χ1n) is 5.73. The molecule has 3 heteroatoms. The van der Waals surface area contributed by atoms with Gasteiger partial charge in [-0.1, -0.05) is 0 Å². The Morgan fingerprint density at radius 2 is 1.50 bits per heavy atom. The van der Waals surface area contributed by atoms with Crippen molar-refractivity contribution in [3.05, 3.63) is 5.21 Å². The summed E-state index contributed by atoms with van der Waals surface area (Å²) in [5.74, 6) is 2.44. The predicted octanol–water partition coefficient (Wildman–Crippen LogP) is 2.32. The van der Waals surface area contributed by atoms with Crippen LogP contribution in [0.25, 0.3) is 0 Å². The molecule has 14 heavy (non-hydrogen) atoms. The molecule has 0 radical (unpaired) electrons. The highest BCUT2D eigenvalue weighted by Gasteiger charge is 2.51. The van der Waals surface area contributed by atoms with Gasteiger partial charge in [-0.15, -0.1) is 0 Å². The van der Waals surface area contributed by atoms with E-state index in [4.69, 9.17) is 4.84 Å². The summed E-state index contributed by atoms with van der Waals surface area (Å²) in [6.45, 7) is 0. The zero-order valence-corrected chi connectivity index (χ0v) is 8.74. The summed E-state index contributed by atoms with van der Waals surface area (Å²) >= 11 is 0. The quantitative estimate of drug-likeness (QED) is 0.636. The van der Waals surface area contributed by atoms with E-state index in [9.17, 15) is 5.21 Å². The summed E-state index contributed by atoms with van der Waals surface area (Å²) in [6, 6.07) is 0. The van der Waals surface area contributed by atoms with Crippen LogP contribution < -0.4 is 0 Å². The average molecular weight is 196 g/mol. The van der Waals surface area contributed by atoms with Gasteiger partial charge in [0.2, 0.25) is 0 Å². The second-order valence-corrected chi connectivity index (χ2v) is 5.58. The maximum Gasteiger partial charge on any atom is 0.0563 e. The van der Waals surface area contributed by atoms with Gasteiger partial charge >= 0.3 is 0 Å². The summed E-state index contributed by atoms with van der Waals surface area (Å²) in [6.07, 6.45) is 7.35. The summed E-state index contributed by atoms with van der Waals surface area (Å²) in [5, 5.41) is 12.7. The molecule has 0 heterocycles. The fraction of sp³-hybridized carbons (Fsp3) is 1.00. The molecule has 0 aliphatic heterocycles. The van der Waals surface area contributed by atoms with Crippen LogP contribution in [-0.4, -0.2) is 17.9 Å². The maximum atomic E-state index is 11.8. The van der Waals surface area contributed by atoms with Crippen molar-refractivity contribution in [3.8, 4) is 0 Å². The Morgan fingerprint density at radius 1 is 1.07 bits per heavy atom. The van der Waals surface area contributed by atoms with Crippen molar-refractivity contribution < 1.29 is 4.84 Å². The van der Waals surface area contributed by atoms with Crippen molar-refractivity contribution in [1.82, 2.24) is 5.23 Å². The SMILES string of the molecule is CON([O-])C12CC3CC(CC(C3)C1)C2. The van der Waals surface area contributed by atoms with Gasteiger partial charge in [-0.3, -0.25) is 5.23 Å². The van der Waals surface area contributed by atoms with E-state index in [-0.39, 0.29) is 5.54 Å². The van der Waals surface area contributed by atoms with Gasteiger partial charge in [0.1, 0.15) is 0 Å². The molecule has 0 N–H and O–H groups in total. The molecule has 0 atom stereocenters. The van der Waals surface area contributed by atoms with Gasteiger partial charge in [0, 0.05) is 5.54 Å². The monoisotopic (exact) mass is 196 g/mol. The lowest BCUT2D eigenvalue weighted by Crippen LogP contribution is -2.57. The molecule has 3 nitrogen and oxygen atoms in total. The molecule has 4 aliphatic rings. The number of nitrogens with zero attached hydrogens (tertiary/aromatic N) is 1. The Labute approximate surface area is 84.9 Å². The van der Waals surface area contributed by atoms with Crippen molar-refractivity contribution in [1.29, 1.82) is 0 Å². The molecule has 0 spiro atoms. The van der Waals surface area contributed by atoms with Crippen LogP contribution in [0.2, 0.25) is 0 Å². The molecule has 4 rings (SSSR count). The third-order valence-electron chi connectivity index (χ3n) is 4.56. The van der Waals surface area contributed by atoms with E-state index in [0.717, 1.165) is 42.2 Å². The van der Waals surface area contributed by atoms with Gasteiger partial charge in [0.15, 0.2) is 0 Å². The van der Waals surface area contributed by atoms with Crippen LogP contribution in [0.3, 0.4) is 0 Å². The molecule has 0 aromatic carbocycles. The minimum absolute atomic E-state index is 0.135. The first-order valence-corrected chi connectivity index (χ1v) is 5.73. The molecule has 4 fully saturated rings. The lowest BCUT2D eigenvalue weighted by Gasteiger charge is -2.61. The van der Waals surface area contributed by atoms with Crippen LogP contribution in [-0.2, 0) is 4.84 Å². The highest BCUT2D eigenvalue weighted by Crippen LogP contribution is 2.57. The molecule has 0 saturated heterocycles. The Morgan fingerprint density at radius 3 is 1.86 bits per heavy atom. The van der Waals surface area contributed by atoms with Crippen LogP contribution in [0.5, 0.6) is 0 Å². The predicted molar refractivity (Wildman–Crippen MR) is 53.1 cm³/mol. The van der Waals surface area contributed by atoms with E-state index in [1.54, 1.807) is 0 Å². The second-order valence-electron chi connectivity index (χ2n) is 5.58. The summed E-state index contributed by atoms with van der Waals surface area (Å²) in [4.78, 5) is 4.91. The van der Waals surface area contributed by atoms with E-state index in [1.165, 1.54) is 26.4 Å². The number of rotatable bonds is 2. The maximum absolute atomic E-state index is 11.8. The van der Waals surface area contributed by atoms with Crippen LogP contribution in [0.1, 0.15) is 38.5 Å². The molecule has 0 amide bonds. The molecule has 4 bridgehead atoms. The zero-order valence-electron chi connectivity index (χ0n) is 8.74. The van der Waals surface area contributed by atoms with Gasteiger partial charge in [0.25, 0.3) is 0 Å². The Balaban J connectivity index is 1.87. The van der Waals surface area contributed by atoms with Crippen molar-refractivity contribution in [2.24, 2.45) is 17.8 Å². The average Bonchev–Trinajstić information content (AvgIpc) is 2.14. The topological polar surface area (TPSA) is 35.5 Å². The number of hydrogen-bond donors (Lipinski definition) is 0. The van der Waals surface area contributed by atoms with Crippen LogP contribution in [0, 0.1) is 23.0 Å². The van der Waals surface area contributed by atoms with Gasteiger partial charge in [0.05, 0.1) is 7.11 Å². The van der Waals surface area contributed by atoms with Gasteiger partial charge in [-0.05, 0) is 56.3 Å². The molecule has 80 valence electrons. The van der Waals surface area contributed by atoms with E-state index in [2.05, 4.69) is 0 Å². The van der Waals surface area contributed by atoms with Crippen molar-refractivity contribution >= 4 is 0 Å². The third kappa shape index (κ3) is 1.16. The van der Waals surface area contributed by atoms with E-state index in [1.807, 2.05) is 0 Å². The van der Waals surface area contributed by atoms with E-state index < -0.39 is 0 Å². The van der Waals surface area contributed by atoms with Gasteiger partial charge < -0.3 is 10.0 Å². The Bertz CT molecular complexity index is 206. The standard InChI is InChI=1S/C11H18NO2/c1-14-12(13)11-5-8-2-9(6-11)4-10(3-8)7-11/h8-10H,2-7H2,1H3/q-1. The lowest BCUT2D eigenvalue weighted by atomic mass is 9.53. The Hall–Kier alpha value is -0.120. The third-order valence-corrected chi connectivity index (χ3v) is 4.56. The van der Waals surface area contributed by atoms with E-state index in [0.29, 0.717) is 0 Å². The number of hydrogen-bond acceptors (Lipinski definition) is 3. The minimum Gasteiger partial charge on any atom is -0.762 e. The second kappa shape index (κ2) is 2.94. The minimum atomic E-state index is -0.135. The molecule has 4 aliphatic carbocycles. The largest absolute Gasteiger partial charge is 0.762 e.